The lowest BCUT2D eigenvalue weighted by molar-refractivity contribution is 0.0923. The zero-order valence-corrected chi connectivity index (χ0v) is 13.5. The summed E-state index contributed by atoms with van der Waals surface area (Å²) >= 11 is 0. The lowest BCUT2D eigenvalue weighted by atomic mass is 10.1. The summed E-state index contributed by atoms with van der Waals surface area (Å²) in [6.07, 6.45) is 3.64. The smallest absolute Gasteiger partial charge is 0.256 e. The predicted molar refractivity (Wildman–Crippen MR) is 87.6 cm³/mol. The molecule has 2 aliphatic rings. The summed E-state index contributed by atoms with van der Waals surface area (Å²) in [6.45, 7) is 3.43. The molecule has 5 heteroatoms. The van der Waals surface area contributed by atoms with Crippen molar-refractivity contribution in [2.75, 3.05) is 12.0 Å². The number of amides is 1. The van der Waals surface area contributed by atoms with E-state index in [1.807, 2.05) is 18.2 Å². The normalized spacial score (nSPS) is 20.3. The molecule has 2 saturated carbocycles. The number of hydrogen-bond acceptors (Lipinski definition) is 3. The monoisotopic (exact) mass is 316 g/mol. The molecule has 0 saturated heterocycles. The van der Waals surface area contributed by atoms with E-state index in [-0.39, 0.29) is 11.4 Å². The van der Waals surface area contributed by atoms with Gasteiger partial charge < -0.3 is 15.1 Å². The first kappa shape index (κ1) is 14.5. The molecule has 0 spiro atoms. The highest BCUT2D eigenvalue weighted by molar-refractivity contribution is 6.12. The molecule has 0 aliphatic heterocycles. The average molecular weight is 316 g/mol. The van der Waals surface area contributed by atoms with E-state index in [2.05, 4.69) is 17.6 Å². The number of anilines is 1. The van der Waals surface area contributed by atoms with Crippen molar-refractivity contribution in [3.63, 3.8) is 0 Å². The van der Waals surface area contributed by atoms with E-state index in [1.54, 1.807) is 6.92 Å². The lowest BCUT2D eigenvalue weighted by Crippen LogP contribution is -2.38. The Kier molecular flexibility index (Phi) is 2.99. The Labute approximate surface area is 134 Å². The van der Waals surface area contributed by atoms with Crippen molar-refractivity contribution in [3.05, 3.63) is 29.5 Å². The van der Waals surface area contributed by atoms with Gasteiger partial charge in [-0.25, -0.2) is 4.39 Å². The Morgan fingerprint density at radius 3 is 2.65 bits per heavy atom. The third-order valence-electron chi connectivity index (χ3n) is 5.04. The number of halogens is 1. The third-order valence-corrected chi connectivity index (χ3v) is 5.04. The molecule has 0 unspecified atom stereocenters. The first-order valence-corrected chi connectivity index (χ1v) is 8.14. The van der Waals surface area contributed by atoms with Crippen molar-refractivity contribution >= 4 is 22.6 Å². The van der Waals surface area contributed by atoms with Crippen LogP contribution in [0, 0.1) is 6.92 Å². The number of carbonyl (C=O) groups is 1. The number of fused-ring (bicyclic) bond motifs is 1. The quantitative estimate of drug-likeness (QED) is 0.878. The van der Waals surface area contributed by atoms with Crippen LogP contribution < -0.4 is 10.6 Å². The fraction of sp³-hybridized carbons (Fsp3) is 0.500. The highest BCUT2D eigenvalue weighted by Crippen LogP contribution is 2.42. The molecule has 1 aromatic carbocycles. The number of alkyl halides is 1. The third kappa shape index (κ3) is 2.48. The summed E-state index contributed by atoms with van der Waals surface area (Å²) in [5.74, 6) is 0.328. The van der Waals surface area contributed by atoms with E-state index in [9.17, 15) is 9.18 Å². The Morgan fingerprint density at radius 2 is 2.04 bits per heavy atom. The fourth-order valence-electron chi connectivity index (χ4n) is 3.03. The second kappa shape index (κ2) is 4.73. The molecule has 4 nitrogen and oxygen atoms in total. The van der Waals surface area contributed by atoms with Crippen LogP contribution in [-0.2, 0) is 0 Å². The second-order valence-corrected chi connectivity index (χ2v) is 7.27. The second-order valence-electron chi connectivity index (χ2n) is 7.27. The highest BCUT2D eigenvalue weighted by atomic mass is 19.1. The molecule has 1 heterocycles. The number of carbonyl (C=O) groups excluding carboxylic acids is 1. The van der Waals surface area contributed by atoms with Gasteiger partial charge in [-0.1, -0.05) is 6.07 Å². The van der Waals surface area contributed by atoms with Crippen molar-refractivity contribution in [1.29, 1.82) is 0 Å². The maximum absolute atomic E-state index is 13.1. The van der Waals surface area contributed by atoms with E-state index in [4.69, 9.17) is 4.42 Å². The predicted octanol–water partition coefficient (Wildman–Crippen LogP) is 3.94. The molecule has 4 rings (SSSR count). The molecule has 1 amide bonds. The first-order chi connectivity index (χ1) is 11.0. The van der Waals surface area contributed by atoms with Crippen molar-refractivity contribution < 1.29 is 13.6 Å². The summed E-state index contributed by atoms with van der Waals surface area (Å²) < 4.78 is 18.9. The Hall–Kier alpha value is -2.04. The SMILES string of the molecule is Cc1oc2cccc(NC3(C)CC3)c2c1C(=O)NC1(CF)CC1. The largest absolute Gasteiger partial charge is 0.460 e. The van der Waals surface area contributed by atoms with Crippen LogP contribution in [0.25, 0.3) is 11.0 Å². The topological polar surface area (TPSA) is 54.3 Å². The van der Waals surface area contributed by atoms with Gasteiger partial charge in [-0.2, -0.15) is 0 Å². The molecule has 122 valence electrons. The van der Waals surface area contributed by atoms with Gasteiger partial charge in [0.25, 0.3) is 5.91 Å². The Balaban J connectivity index is 1.75. The average Bonchev–Trinajstić information content (AvgIpc) is 3.40. The first-order valence-electron chi connectivity index (χ1n) is 8.14. The van der Waals surface area contributed by atoms with Gasteiger partial charge in [0.05, 0.1) is 16.5 Å². The number of rotatable bonds is 5. The summed E-state index contributed by atoms with van der Waals surface area (Å²) in [6, 6.07) is 5.76. The van der Waals surface area contributed by atoms with Crippen LogP contribution in [-0.4, -0.2) is 23.7 Å². The number of benzene rings is 1. The molecule has 1 aromatic heterocycles. The standard InChI is InChI=1S/C18H21FN2O2/c1-11-14(16(22)21-18(10-19)8-9-18)15-12(20-17(2)6-7-17)4-3-5-13(15)23-11/h3-5,20H,6-10H2,1-2H3,(H,21,22). The van der Waals surface area contributed by atoms with Crippen LogP contribution in [0.1, 0.15) is 48.7 Å². The van der Waals surface area contributed by atoms with Crippen LogP contribution in [0.3, 0.4) is 0 Å². The van der Waals surface area contributed by atoms with E-state index >= 15 is 0 Å². The Bertz CT molecular complexity index is 788. The van der Waals surface area contributed by atoms with Crippen LogP contribution in [0.2, 0.25) is 0 Å². The van der Waals surface area contributed by atoms with Gasteiger partial charge in [-0.3, -0.25) is 4.79 Å². The van der Waals surface area contributed by atoms with Crippen molar-refractivity contribution in [2.24, 2.45) is 0 Å². The summed E-state index contributed by atoms with van der Waals surface area (Å²) in [5.41, 5.74) is 1.57. The van der Waals surface area contributed by atoms with Gasteiger partial charge in [0.2, 0.25) is 0 Å². The molecule has 2 aliphatic carbocycles. The molecule has 0 bridgehead atoms. The minimum absolute atomic E-state index is 0.101. The minimum atomic E-state index is -0.655. The molecule has 2 N–H and O–H groups in total. The van der Waals surface area contributed by atoms with Crippen LogP contribution in [0.15, 0.2) is 22.6 Å². The molecule has 23 heavy (non-hydrogen) atoms. The van der Waals surface area contributed by atoms with Gasteiger partial charge in [0.1, 0.15) is 18.0 Å². The van der Waals surface area contributed by atoms with Crippen molar-refractivity contribution in [1.82, 2.24) is 5.32 Å². The van der Waals surface area contributed by atoms with Crippen molar-refractivity contribution in [2.45, 2.75) is 50.6 Å². The number of furan rings is 1. The fourth-order valence-corrected chi connectivity index (χ4v) is 3.03. The van der Waals surface area contributed by atoms with Crippen LogP contribution >= 0.6 is 0 Å². The van der Waals surface area contributed by atoms with Gasteiger partial charge in [0.15, 0.2) is 0 Å². The van der Waals surface area contributed by atoms with Gasteiger partial charge >= 0.3 is 0 Å². The van der Waals surface area contributed by atoms with Gasteiger partial charge in [-0.15, -0.1) is 0 Å². The molecule has 0 radical (unpaired) electrons. The van der Waals surface area contributed by atoms with E-state index < -0.39 is 12.2 Å². The molecule has 2 aromatic rings. The van der Waals surface area contributed by atoms with Crippen molar-refractivity contribution in [3.8, 4) is 0 Å². The molecular weight excluding hydrogens is 295 g/mol. The Morgan fingerprint density at radius 1 is 1.30 bits per heavy atom. The van der Waals surface area contributed by atoms with Crippen LogP contribution in [0.4, 0.5) is 10.1 Å². The van der Waals surface area contributed by atoms with Crippen LogP contribution in [0.5, 0.6) is 0 Å². The minimum Gasteiger partial charge on any atom is -0.460 e. The number of nitrogens with one attached hydrogen (secondary N) is 2. The van der Waals surface area contributed by atoms with E-state index in [1.165, 1.54) is 0 Å². The van der Waals surface area contributed by atoms with E-state index in [0.717, 1.165) is 23.9 Å². The highest BCUT2D eigenvalue weighted by Gasteiger charge is 2.45. The summed E-state index contributed by atoms with van der Waals surface area (Å²) in [7, 11) is 0. The molecule has 2 fully saturated rings. The lowest BCUT2D eigenvalue weighted by Gasteiger charge is -2.16. The molecule has 0 atom stereocenters. The molecular formula is C18H21FN2O2. The maximum atomic E-state index is 13.1. The zero-order chi connectivity index (χ0) is 16.2. The van der Waals surface area contributed by atoms with Gasteiger partial charge in [0, 0.05) is 11.2 Å². The van der Waals surface area contributed by atoms with E-state index in [0.29, 0.717) is 29.7 Å². The number of hydrogen-bond donors (Lipinski definition) is 2. The maximum Gasteiger partial charge on any atom is 0.256 e. The summed E-state index contributed by atoms with van der Waals surface area (Å²) in [4.78, 5) is 12.7. The number of aryl methyl sites for hydroxylation is 1. The zero-order valence-electron chi connectivity index (χ0n) is 13.5. The summed E-state index contributed by atoms with van der Waals surface area (Å²) in [5, 5.41) is 7.18. The van der Waals surface area contributed by atoms with Gasteiger partial charge in [-0.05, 0) is 51.7 Å².